The van der Waals surface area contributed by atoms with E-state index in [4.69, 9.17) is 5.73 Å². The Balaban J connectivity index is 2.06. The van der Waals surface area contributed by atoms with Crippen LogP contribution >= 0.6 is 11.3 Å². The van der Waals surface area contributed by atoms with Crippen LogP contribution in [0.3, 0.4) is 0 Å². The van der Waals surface area contributed by atoms with Gasteiger partial charge in [-0.2, -0.15) is 0 Å². The fraction of sp³-hybridized carbons (Fsp3) is 0.545. The summed E-state index contributed by atoms with van der Waals surface area (Å²) in [6, 6.07) is 4.25. The lowest BCUT2D eigenvalue weighted by Gasteiger charge is -2.26. The van der Waals surface area contributed by atoms with E-state index in [9.17, 15) is 4.79 Å². The SMILES string of the molecule is C[C@@H]1CC[C@@H](c2ccc(C(N)=O)s2)NC1. The van der Waals surface area contributed by atoms with Crippen LogP contribution in [0.25, 0.3) is 0 Å². The Bertz CT molecular complexity index is 353. The van der Waals surface area contributed by atoms with E-state index in [1.165, 1.54) is 22.6 Å². The van der Waals surface area contributed by atoms with Crippen molar-refractivity contribution >= 4 is 17.2 Å². The van der Waals surface area contributed by atoms with E-state index < -0.39 is 0 Å². The van der Waals surface area contributed by atoms with Crippen molar-refractivity contribution < 1.29 is 4.79 Å². The molecule has 3 nitrogen and oxygen atoms in total. The number of primary amides is 1. The molecular weight excluding hydrogens is 208 g/mol. The van der Waals surface area contributed by atoms with Gasteiger partial charge in [-0.3, -0.25) is 4.79 Å². The van der Waals surface area contributed by atoms with E-state index in [2.05, 4.69) is 12.2 Å². The minimum absolute atomic E-state index is 0.324. The number of hydrogen-bond acceptors (Lipinski definition) is 3. The minimum Gasteiger partial charge on any atom is -0.365 e. The molecule has 2 heterocycles. The van der Waals surface area contributed by atoms with Crippen LogP contribution in [-0.4, -0.2) is 12.5 Å². The highest BCUT2D eigenvalue weighted by Crippen LogP contribution is 2.30. The van der Waals surface area contributed by atoms with Gasteiger partial charge >= 0.3 is 0 Å². The number of carbonyl (C=O) groups excluding carboxylic acids is 1. The highest BCUT2D eigenvalue weighted by molar-refractivity contribution is 7.14. The zero-order valence-corrected chi connectivity index (χ0v) is 9.64. The summed E-state index contributed by atoms with van der Waals surface area (Å²) in [5, 5.41) is 3.50. The van der Waals surface area contributed by atoms with Gasteiger partial charge in [0.2, 0.25) is 0 Å². The summed E-state index contributed by atoms with van der Waals surface area (Å²) in [7, 11) is 0. The van der Waals surface area contributed by atoms with Crippen molar-refractivity contribution in [1.82, 2.24) is 5.32 Å². The Morgan fingerprint density at radius 3 is 2.87 bits per heavy atom. The quantitative estimate of drug-likeness (QED) is 0.806. The van der Waals surface area contributed by atoms with Gasteiger partial charge in [0, 0.05) is 10.9 Å². The second-order valence-electron chi connectivity index (χ2n) is 4.21. The molecule has 1 amide bonds. The first-order valence-corrected chi connectivity index (χ1v) is 6.11. The maximum Gasteiger partial charge on any atom is 0.258 e. The molecule has 0 radical (unpaired) electrons. The van der Waals surface area contributed by atoms with Crippen molar-refractivity contribution in [2.24, 2.45) is 11.7 Å². The molecule has 0 unspecified atom stereocenters. The molecule has 1 aromatic heterocycles. The highest BCUT2D eigenvalue weighted by Gasteiger charge is 2.20. The van der Waals surface area contributed by atoms with Gasteiger partial charge in [-0.1, -0.05) is 6.92 Å². The molecule has 2 rings (SSSR count). The fourth-order valence-corrected chi connectivity index (χ4v) is 2.88. The van der Waals surface area contributed by atoms with E-state index in [0.29, 0.717) is 10.9 Å². The van der Waals surface area contributed by atoms with Crippen LogP contribution in [-0.2, 0) is 0 Å². The molecule has 3 N–H and O–H groups in total. The van der Waals surface area contributed by atoms with E-state index in [1.807, 2.05) is 12.1 Å². The van der Waals surface area contributed by atoms with Gasteiger partial charge in [0.05, 0.1) is 4.88 Å². The van der Waals surface area contributed by atoms with E-state index in [-0.39, 0.29) is 5.91 Å². The molecule has 1 fully saturated rings. The van der Waals surface area contributed by atoms with Gasteiger partial charge in [-0.25, -0.2) is 0 Å². The van der Waals surface area contributed by atoms with E-state index in [1.54, 1.807) is 0 Å². The average molecular weight is 224 g/mol. The Kier molecular flexibility index (Phi) is 3.07. The maximum absolute atomic E-state index is 11.0. The standard InChI is InChI=1S/C11H16N2OS/c1-7-2-3-8(13-6-7)9-4-5-10(15-9)11(12)14/h4-5,7-8,13H,2-3,6H2,1H3,(H2,12,14)/t7-,8+/m1/s1. The molecule has 4 heteroatoms. The van der Waals surface area contributed by atoms with Crippen molar-refractivity contribution in [1.29, 1.82) is 0 Å². The number of amides is 1. The molecule has 0 aliphatic carbocycles. The number of rotatable bonds is 2. The lowest BCUT2D eigenvalue weighted by Crippen LogP contribution is -2.31. The van der Waals surface area contributed by atoms with Crippen molar-refractivity contribution in [3.63, 3.8) is 0 Å². The molecule has 15 heavy (non-hydrogen) atoms. The second-order valence-corrected chi connectivity index (χ2v) is 5.32. The van der Waals surface area contributed by atoms with E-state index >= 15 is 0 Å². The van der Waals surface area contributed by atoms with Crippen LogP contribution in [0.4, 0.5) is 0 Å². The van der Waals surface area contributed by atoms with Crippen molar-refractivity contribution in [3.05, 3.63) is 21.9 Å². The Morgan fingerprint density at radius 2 is 2.33 bits per heavy atom. The third-order valence-electron chi connectivity index (χ3n) is 2.87. The molecule has 1 aliphatic heterocycles. The first-order chi connectivity index (χ1) is 7.16. The predicted molar refractivity (Wildman–Crippen MR) is 62.0 cm³/mol. The van der Waals surface area contributed by atoms with E-state index in [0.717, 1.165) is 18.9 Å². The van der Waals surface area contributed by atoms with Gasteiger partial charge in [0.1, 0.15) is 0 Å². The topological polar surface area (TPSA) is 55.1 Å². The van der Waals surface area contributed by atoms with Gasteiger partial charge in [-0.15, -0.1) is 11.3 Å². The maximum atomic E-state index is 11.0. The summed E-state index contributed by atoms with van der Waals surface area (Å²) >= 11 is 1.51. The van der Waals surface area contributed by atoms with Crippen molar-refractivity contribution in [2.75, 3.05) is 6.54 Å². The molecule has 0 saturated carbocycles. The lowest BCUT2D eigenvalue weighted by atomic mass is 9.96. The third kappa shape index (κ3) is 2.38. The predicted octanol–water partition coefficient (Wildman–Crippen LogP) is 1.91. The van der Waals surface area contributed by atoms with Crippen LogP contribution in [0, 0.1) is 5.92 Å². The van der Waals surface area contributed by atoms with Crippen LogP contribution in [0.5, 0.6) is 0 Å². The number of nitrogens with one attached hydrogen (secondary N) is 1. The molecule has 0 bridgehead atoms. The molecule has 1 aromatic rings. The summed E-state index contributed by atoms with van der Waals surface area (Å²) in [5.74, 6) is 0.437. The minimum atomic E-state index is -0.324. The summed E-state index contributed by atoms with van der Waals surface area (Å²) in [4.78, 5) is 12.9. The van der Waals surface area contributed by atoms with Crippen LogP contribution < -0.4 is 11.1 Å². The molecule has 0 aromatic carbocycles. The molecule has 82 valence electrons. The number of piperidine rings is 1. The molecular formula is C11H16N2OS. The zero-order valence-electron chi connectivity index (χ0n) is 8.82. The first-order valence-electron chi connectivity index (χ1n) is 5.29. The van der Waals surface area contributed by atoms with Gasteiger partial charge < -0.3 is 11.1 Å². The number of thiophene rings is 1. The summed E-state index contributed by atoms with van der Waals surface area (Å²) < 4.78 is 0. The van der Waals surface area contributed by atoms with Crippen LogP contribution in [0.15, 0.2) is 12.1 Å². The molecule has 1 saturated heterocycles. The van der Waals surface area contributed by atoms with Gasteiger partial charge in [0.15, 0.2) is 0 Å². The van der Waals surface area contributed by atoms with Gasteiger partial charge in [-0.05, 0) is 37.4 Å². The van der Waals surface area contributed by atoms with Crippen LogP contribution in [0.2, 0.25) is 0 Å². The lowest BCUT2D eigenvalue weighted by molar-refractivity contribution is 0.100. The van der Waals surface area contributed by atoms with Crippen molar-refractivity contribution in [2.45, 2.75) is 25.8 Å². The van der Waals surface area contributed by atoms with Gasteiger partial charge in [0.25, 0.3) is 5.91 Å². The molecule has 1 aliphatic rings. The Hall–Kier alpha value is -0.870. The number of hydrogen-bond donors (Lipinski definition) is 2. The van der Waals surface area contributed by atoms with Crippen LogP contribution in [0.1, 0.15) is 40.4 Å². The Morgan fingerprint density at radius 1 is 1.53 bits per heavy atom. The average Bonchev–Trinajstić information content (AvgIpc) is 2.68. The Labute approximate surface area is 93.7 Å². The largest absolute Gasteiger partial charge is 0.365 e. The molecule has 0 spiro atoms. The zero-order chi connectivity index (χ0) is 10.8. The first kappa shape index (κ1) is 10.6. The smallest absolute Gasteiger partial charge is 0.258 e. The summed E-state index contributed by atoms with van der Waals surface area (Å²) in [6.45, 7) is 3.32. The normalized spacial score (nSPS) is 26.5. The molecule has 2 atom stereocenters. The summed E-state index contributed by atoms with van der Waals surface area (Å²) in [5.41, 5.74) is 5.23. The highest BCUT2D eigenvalue weighted by atomic mass is 32.1. The monoisotopic (exact) mass is 224 g/mol. The second kappa shape index (κ2) is 4.33. The summed E-state index contributed by atoms with van der Waals surface area (Å²) in [6.07, 6.45) is 2.40. The number of carbonyl (C=O) groups is 1. The number of nitrogens with two attached hydrogens (primary N) is 1. The van der Waals surface area contributed by atoms with Crippen molar-refractivity contribution in [3.8, 4) is 0 Å². The fourth-order valence-electron chi connectivity index (χ4n) is 1.91. The third-order valence-corrected chi connectivity index (χ3v) is 4.09.